The van der Waals surface area contributed by atoms with Gasteiger partial charge >= 0.3 is 0 Å². The van der Waals surface area contributed by atoms with Crippen LogP contribution in [0.5, 0.6) is 0 Å². The summed E-state index contributed by atoms with van der Waals surface area (Å²) in [6.45, 7) is 2.20. The first-order valence-electron chi connectivity index (χ1n) is 6.62. The van der Waals surface area contributed by atoms with Gasteiger partial charge in [0.1, 0.15) is 6.04 Å². The molecule has 2 amide bonds. The van der Waals surface area contributed by atoms with Gasteiger partial charge in [-0.25, -0.2) is 0 Å². The SMILES string of the molecule is C[C@H](N)C(=O)NC1CCCN(c2ccccc2Cl)C1=O. The van der Waals surface area contributed by atoms with Crippen LogP contribution in [0.4, 0.5) is 5.69 Å². The summed E-state index contributed by atoms with van der Waals surface area (Å²) in [7, 11) is 0. The van der Waals surface area contributed by atoms with E-state index in [1.807, 2.05) is 12.1 Å². The molecule has 1 saturated heterocycles. The van der Waals surface area contributed by atoms with Gasteiger partial charge in [-0.2, -0.15) is 0 Å². The summed E-state index contributed by atoms with van der Waals surface area (Å²) in [5.41, 5.74) is 6.19. The molecule has 2 atom stereocenters. The normalized spacial score (nSPS) is 20.6. The van der Waals surface area contributed by atoms with Crippen LogP contribution in [0.1, 0.15) is 19.8 Å². The number of anilines is 1. The first-order chi connectivity index (χ1) is 9.50. The average molecular weight is 296 g/mol. The molecule has 1 heterocycles. The number of piperidine rings is 1. The molecule has 0 spiro atoms. The lowest BCUT2D eigenvalue weighted by Gasteiger charge is -2.33. The molecule has 108 valence electrons. The van der Waals surface area contributed by atoms with E-state index >= 15 is 0 Å². The molecule has 1 aromatic carbocycles. The van der Waals surface area contributed by atoms with Gasteiger partial charge in [0.2, 0.25) is 11.8 Å². The van der Waals surface area contributed by atoms with Crippen LogP contribution in [0.15, 0.2) is 24.3 Å². The summed E-state index contributed by atoms with van der Waals surface area (Å²) < 4.78 is 0. The van der Waals surface area contributed by atoms with Crippen molar-refractivity contribution < 1.29 is 9.59 Å². The summed E-state index contributed by atoms with van der Waals surface area (Å²) in [6, 6.07) is 6.04. The minimum atomic E-state index is -0.626. The quantitative estimate of drug-likeness (QED) is 0.882. The predicted octanol–water partition coefficient (Wildman–Crippen LogP) is 1.30. The third-order valence-electron chi connectivity index (χ3n) is 3.31. The molecule has 0 aliphatic carbocycles. The summed E-state index contributed by atoms with van der Waals surface area (Å²) in [6.07, 6.45) is 1.43. The molecule has 1 aliphatic rings. The lowest BCUT2D eigenvalue weighted by atomic mass is 10.0. The van der Waals surface area contributed by atoms with E-state index in [1.165, 1.54) is 0 Å². The second-order valence-electron chi connectivity index (χ2n) is 4.93. The highest BCUT2D eigenvalue weighted by molar-refractivity contribution is 6.33. The maximum absolute atomic E-state index is 12.4. The Balaban J connectivity index is 2.15. The van der Waals surface area contributed by atoms with Crippen LogP contribution in [0, 0.1) is 0 Å². The smallest absolute Gasteiger partial charge is 0.249 e. The van der Waals surface area contributed by atoms with Crippen molar-refractivity contribution in [3.8, 4) is 0 Å². The second kappa shape index (κ2) is 6.24. The van der Waals surface area contributed by atoms with Gasteiger partial charge in [-0.3, -0.25) is 9.59 Å². The molecular formula is C14H18ClN3O2. The van der Waals surface area contributed by atoms with Gasteiger partial charge in [-0.1, -0.05) is 23.7 Å². The molecule has 0 aromatic heterocycles. The van der Waals surface area contributed by atoms with Gasteiger partial charge in [0, 0.05) is 6.54 Å². The summed E-state index contributed by atoms with van der Waals surface area (Å²) >= 11 is 6.13. The highest BCUT2D eigenvalue weighted by Gasteiger charge is 2.31. The molecule has 5 nitrogen and oxygen atoms in total. The number of rotatable bonds is 3. The number of carbonyl (C=O) groups excluding carboxylic acids is 2. The van der Waals surface area contributed by atoms with E-state index in [0.29, 0.717) is 23.7 Å². The zero-order valence-electron chi connectivity index (χ0n) is 11.3. The Labute approximate surface area is 123 Å². The van der Waals surface area contributed by atoms with Gasteiger partial charge in [0.05, 0.1) is 16.8 Å². The van der Waals surface area contributed by atoms with Crippen LogP contribution < -0.4 is 16.0 Å². The molecule has 1 aliphatic heterocycles. The number of carbonyl (C=O) groups is 2. The summed E-state index contributed by atoms with van der Waals surface area (Å²) in [5.74, 6) is -0.456. The number of hydrogen-bond donors (Lipinski definition) is 2. The molecule has 0 bridgehead atoms. The van der Waals surface area contributed by atoms with Crippen molar-refractivity contribution in [2.75, 3.05) is 11.4 Å². The van der Waals surface area contributed by atoms with Gasteiger partial charge < -0.3 is 16.0 Å². The maximum atomic E-state index is 12.4. The number of nitrogens with two attached hydrogens (primary N) is 1. The van der Waals surface area contributed by atoms with Crippen LogP contribution in [0.25, 0.3) is 0 Å². The average Bonchev–Trinajstić information content (AvgIpc) is 2.42. The number of halogens is 1. The second-order valence-corrected chi connectivity index (χ2v) is 5.34. The first kappa shape index (κ1) is 14.8. The van der Waals surface area contributed by atoms with Gasteiger partial charge in [-0.15, -0.1) is 0 Å². The van der Waals surface area contributed by atoms with Gasteiger partial charge in [-0.05, 0) is 31.9 Å². The molecule has 1 aromatic rings. The molecule has 0 radical (unpaired) electrons. The van der Waals surface area contributed by atoms with Crippen LogP contribution >= 0.6 is 11.6 Å². The molecule has 0 saturated carbocycles. The fourth-order valence-corrected chi connectivity index (χ4v) is 2.46. The third kappa shape index (κ3) is 3.11. The Morgan fingerprint density at radius 3 is 2.85 bits per heavy atom. The number of nitrogens with one attached hydrogen (secondary N) is 1. The number of amides is 2. The zero-order valence-corrected chi connectivity index (χ0v) is 12.1. The maximum Gasteiger partial charge on any atom is 0.249 e. The van der Waals surface area contributed by atoms with Gasteiger partial charge in [0.25, 0.3) is 0 Å². The van der Waals surface area contributed by atoms with Crippen molar-refractivity contribution in [2.45, 2.75) is 31.8 Å². The van der Waals surface area contributed by atoms with E-state index in [1.54, 1.807) is 24.0 Å². The highest BCUT2D eigenvalue weighted by Crippen LogP contribution is 2.28. The van der Waals surface area contributed by atoms with Crippen molar-refractivity contribution in [2.24, 2.45) is 5.73 Å². The Kier molecular flexibility index (Phi) is 4.62. The van der Waals surface area contributed by atoms with Crippen molar-refractivity contribution in [1.82, 2.24) is 5.32 Å². The van der Waals surface area contributed by atoms with E-state index in [-0.39, 0.29) is 11.8 Å². The molecular weight excluding hydrogens is 278 g/mol. The first-order valence-corrected chi connectivity index (χ1v) is 7.00. The largest absolute Gasteiger partial charge is 0.343 e. The van der Waals surface area contributed by atoms with E-state index < -0.39 is 12.1 Å². The van der Waals surface area contributed by atoms with E-state index in [9.17, 15) is 9.59 Å². The van der Waals surface area contributed by atoms with Crippen LogP contribution in [-0.4, -0.2) is 30.4 Å². The Morgan fingerprint density at radius 2 is 2.20 bits per heavy atom. The monoisotopic (exact) mass is 295 g/mol. The number of hydrogen-bond acceptors (Lipinski definition) is 3. The van der Waals surface area contributed by atoms with Crippen LogP contribution in [-0.2, 0) is 9.59 Å². The molecule has 20 heavy (non-hydrogen) atoms. The number of nitrogens with zero attached hydrogens (tertiary/aromatic N) is 1. The molecule has 1 unspecified atom stereocenters. The molecule has 6 heteroatoms. The van der Waals surface area contributed by atoms with E-state index in [4.69, 9.17) is 17.3 Å². The molecule has 1 fully saturated rings. The zero-order chi connectivity index (χ0) is 14.7. The number of benzene rings is 1. The minimum absolute atomic E-state index is 0.140. The summed E-state index contributed by atoms with van der Waals surface area (Å²) in [5, 5.41) is 3.22. The fraction of sp³-hybridized carbons (Fsp3) is 0.429. The minimum Gasteiger partial charge on any atom is -0.343 e. The Morgan fingerprint density at radius 1 is 1.50 bits per heavy atom. The lowest BCUT2D eigenvalue weighted by Crippen LogP contribution is -2.55. The standard InChI is InChI=1S/C14H18ClN3O2/c1-9(16)13(19)17-11-6-4-8-18(14(11)20)12-7-3-2-5-10(12)15/h2-3,5,7,9,11H,4,6,8,16H2,1H3,(H,17,19)/t9-,11?/m0/s1. The van der Waals surface area contributed by atoms with Crippen molar-refractivity contribution in [3.05, 3.63) is 29.3 Å². The lowest BCUT2D eigenvalue weighted by molar-refractivity contribution is -0.128. The van der Waals surface area contributed by atoms with Gasteiger partial charge in [0.15, 0.2) is 0 Å². The van der Waals surface area contributed by atoms with E-state index in [0.717, 1.165) is 6.42 Å². The highest BCUT2D eigenvalue weighted by atomic mass is 35.5. The summed E-state index contributed by atoms with van der Waals surface area (Å²) in [4.78, 5) is 25.7. The topological polar surface area (TPSA) is 75.4 Å². The van der Waals surface area contributed by atoms with Crippen molar-refractivity contribution in [3.63, 3.8) is 0 Å². The van der Waals surface area contributed by atoms with Crippen LogP contribution in [0.3, 0.4) is 0 Å². The predicted molar refractivity (Wildman–Crippen MR) is 78.6 cm³/mol. The van der Waals surface area contributed by atoms with Crippen LogP contribution in [0.2, 0.25) is 5.02 Å². The third-order valence-corrected chi connectivity index (χ3v) is 3.63. The van der Waals surface area contributed by atoms with Crippen molar-refractivity contribution in [1.29, 1.82) is 0 Å². The molecule has 2 rings (SSSR count). The number of para-hydroxylation sites is 1. The Bertz CT molecular complexity index is 519. The molecule has 3 N–H and O–H groups in total. The fourth-order valence-electron chi connectivity index (χ4n) is 2.22. The Hall–Kier alpha value is -1.59. The van der Waals surface area contributed by atoms with Crippen molar-refractivity contribution >= 4 is 29.1 Å². The van der Waals surface area contributed by atoms with E-state index in [2.05, 4.69) is 5.32 Å².